The third kappa shape index (κ3) is 3.44. The Bertz CT molecular complexity index is 809. The zero-order valence-electron chi connectivity index (χ0n) is 13.0. The number of anilines is 1. The second-order valence-corrected chi connectivity index (χ2v) is 5.55. The van der Waals surface area contributed by atoms with E-state index in [9.17, 15) is 19.8 Å². The number of aromatic nitrogens is 2. The van der Waals surface area contributed by atoms with Crippen molar-refractivity contribution < 1.29 is 24.9 Å². The number of amides is 1. The van der Waals surface area contributed by atoms with Crippen LogP contribution < -0.4 is 11.0 Å². The van der Waals surface area contributed by atoms with E-state index in [1.165, 1.54) is 12.3 Å². The molecule has 1 aliphatic rings. The van der Waals surface area contributed by atoms with Crippen molar-refractivity contribution in [3.63, 3.8) is 0 Å². The topological polar surface area (TPSA) is 134 Å². The van der Waals surface area contributed by atoms with Crippen LogP contribution in [0.1, 0.15) is 16.6 Å². The van der Waals surface area contributed by atoms with Gasteiger partial charge in [-0.3, -0.25) is 9.36 Å². The molecule has 2 heterocycles. The maximum Gasteiger partial charge on any atom is 0.351 e. The molecule has 3 rings (SSSR count). The number of nitrogens with zero attached hydrogens (tertiary/aromatic N) is 2. The van der Waals surface area contributed by atoms with Crippen LogP contribution in [0.3, 0.4) is 0 Å². The first kappa shape index (κ1) is 17.2. The van der Waals surface area contributed by atoms with Crippen molar-refractivity contribution in [1.82, 2.24) is 9.55 Å². The summed E-state index contributed by atoms with van der Waals surface area (Å²) >= 11 is 0. The lowest BCUT2D eigenvalue weighted by atomic mass is 10.1. The normalized spacial score (nSPS) is 25.7. The summed E-state index contributed by atoms with van der Waals surface area (Å²) in [7, 11) is 0. The highest BCUT2D eigenvalue weighted by Crippen LogP contribution is 2.28. The van der Waals surface area contributed by atoms with Crippen molar-refractivity contribution in [2.24, 2.45) is 0 Å². The molecule has 25 heavy (non-hydrogen) atoms. The average molecular weight is 347 g/mol. The molecule has 0 bridgehead atoms. The van der Waals surface area contributed by atoms with Gasteiger partial charge in [-0.25, -0.2) is 4.79 Å². The van der Waals surface area contributed by atoms with Gasteiger partial charge in [0, 0.05) is 11.8 Å². The molecule has 9 nitrogen and oxygen atoms in total. The Balaban J connectivity index is 1.78. The maximum absolute atomic E-state index is 12.2. The minimum absolute atomic E-state index is 0.0434. The Morgan fingerprint density at radius 1 is 1.20 bits per heavy atom. The Labute approximate surface area is 142 Å². The van der Waals surface area contributed by atoms with E-state index in [4.69, 9.17) is 9.84 Å². The van der Waals surface area contributed by atoms with Gasteiger partial charge in [-0.1, -0.05) is 18.2 Å². The zero-order valence-corrected chi connectivity index (χ0v) is 13.0. The fourth-order valence-corrected chi connectivity index (χ4v) is 2.56. The SMILES string of the molecule is O=C(Nc1ccn([C@H]2O[C@H](CO)[C@@H](O)[C@@H]2O)c(=O)n1)c1ccccc1. The summed E-state index contributed by atoms with van der Waals surface area (Å²) in [6.45, 7) is -0.498. The smallest absolute Gasteiger partial charge is 0.351 e. The Hall–Kier alpha value is -2.59. The molecule has 9 heteroatoms. The van der Waals surface area contributed by atoms with Gasteiger partial charge < -0.3 is 25.4 Å². The number of benzene rings is 1. The van der Waals surface area contributed by atoms with E-state index >= 15 is 0 Å². The van der Waals surface area contributed by atoms with Crippen molar-refractivity contribution in [2.75, 3.05) is 11.9 Å². The molecule has 0 spiro atoms. The minimum Gasteiger partial charge on any atom is -0.394 e. The molecule has 132 valence electrons. The number of aliphatic hydroxyl groups excluding tert-OH is 3. The highest BCUT2D eigenvalue weighted by atomic mass is 16.6. The Morgan fingerprint density at radius 3 is 2.52 bits per heavy atom. The molecular weight excluding hydrogens is 330 g/mol. The summed E-state index contributed by atoms with van der Waals surface area (Å²) in [5, 5.41) is 31.3. The second kappa shape index (κ2) is 7.11. The number of nitrogens with one attached hydrogen (secondary N) is 1. The molecule has 0 unspecified atom stereocenters. The molecule has 1 saturated heterocycles. The van der Waals surface area contributed by atoms with Crippen LogP contribution in [0.2, 0.25) is 0 Å². The maximum atomic E-state index is 12.2. The van der Waals surface area contributed by atoms with E-state index in [1.54, 1.807) is 30.3 Å². The molecule has 1 aromatic carbocycles. The third-order valence-corrected chi connectivity index (χ3v) is 3.90. The first-order chi connectivity index (χ1) is 12.0. The highest BCUT2D eigenvalue weighted by Gasteiger charge is 2.43. The predicted octanol–water partition coefficient (Wildman–Crippen LogP) is -0.893. The van der Waals surface area contributed by atoms with E-state index in [2.05, 4.69) is 10.3 Å². The highest BCUT2D eigenvalue weighted by molar-refractivity contribution is 6.03. The van der Waals surface area contributed by atoms with Gasteiger partial charge in [0.15, 0.2) is 6.23 Å². The first-order valence-electron chi connectivity index (χ1n) is 7.59. The fourth-order valence-electron chi connectivity index (χ4n) is 2.56. The molecule has 0 saturated carbocycles. The van der Waals surface area contributed by atoms with Crippen LogP contribution in [0.5, 0.6) is 0 Å². The van der Waals surface area contributed by atoms with Crippen LogP contribution in [0, 0.1) is 0 Å². The van der Waals surface area contributed by atoms with E-state index in [0.717, 1.165) is 4.57 Å². The number of carbonyl (C=O) groups is 1. The Kier molecular flexibility index (Phi) is 4.91. The molecule has 0 radical (unpaired) electrons. The number of carbonyl (C=O) groups excluding carboxylic acids is 1. The first-order valence-corrected chi connectivity index (χ1v) is 7.59. The van der Waals surface area contributed by atoms with E-state index in [1.807, 2.05) is 0 Å². The van der Waals surface area contributed by atoms with Crippen molar-refractivity contribution in [1.29, 1.82) is 0 Å². The van der Waals surface area contributed by atoms with Gasteiger partial charge in [0.25, 0.3) is 5.91 Å². The lowest BCUT2D eigenvalue weighted by molar-refractivity contribution is -0.0549. The van der Waals surface area contributed by atoms with E-state index < -0.39 is 42.7 Å². The average Bonchev–Trinajstić information content (AvgIpc) is 2.91. The molecule has 1 aromatic heterocycles. The zero-order chi connectivity index (χ0) is 18.0. The van der Waals surface area contributed by atoms with E-state index in [0.29, 0.717) is 5.56 Å². The van der Waals surface area contributed by atoms with Crippen LogP contribution in [0.25, 0.3) is 0 Å². The quantitative estimate of drug-likeness (QED) is 0.563. The number of aliphatic hydroxyl groups is 3. The van der Waals surface area contributed by atoms with Gasteiger partial charge in [0.1, 0.15) is 24.1 Å². The second-order valence-electron chi connectivity index (χ2n) is 5.55. The van der Waals surface area contributed by atoms with E-state index in [-0.39, 0.29) is 5.82 Å². The lowest BCUT2D eigenvalue weighted by Crippen LogP contribution is -2.36. The van der Waals surface area contributed by atoms with Crippen LogP contribution in [-0.4, -0.2) is 55.7 Å². The van der Waals surface area contributed by atoms with Crippen LogP contribution in [0.4, 0.5) is 5.82 Å². The summed E-state index contributed by atoms with van der Waals surface area (Å²) < 4.78 is 6.27. The predicted molar refractivity (Wildman–Crippen MR) is 85.9 cm³/mol. The number of rotatable bonds is 4. The van der Waals surface area contributed by atoms with Gasteiger partial charge in [-0.15, -0.1) is 0 Å². The standard InChI is InChI=1S/C16H17N3O6/c20-8-10-12(21)13(22)15(25-10)19-7-6-11(18-16(19)24)17-14(23)9-4-2-1-3-5-9/h1-7,10,12-13,15,20-22H,8H2,(H,17,18,23,24)/t10-,12-,13+,15+/m1/s1. The summed E-state index contributed by atoms with van der Waals surface area (Å²) in [5.41, 5.74) is -0.363. The molecular formula is C16H17N3O6. The summed E-state index contributed by atoms with van der Waals surface area (Å²) in [6, 6.07) is 9.81. The third-order valence-electron chi connectivity index (χ3n) is 3.90. The van der Waals surface area contributed by atoms with Gasteiger partial charge in [-0.05, 0) is 18.2 Å². The largest absolute Gasteiger partial charge is 0.394 e. The number of ether oxygens (including phenoxy) is 1. The summed E-state index contributed by atoms with van der Waals surface area (Å²) in [4.78, 5) is 27.9. The van der Waals surface area contributed by atoms with Gasteiger partial charge in [0.2, 0.25) is 0 Å². The van der Waals surface area contributed by atoms with Crippen molar-refractivity contribution >= 4 is 11.7 Å². The lowest BCUT2D eigenvalue weighted by Gasteiger charge is -2.17. The molecule has 4 atom stereocenters. The molecule has 1 fully saturated rings. The van der Waals surface area contributed by atoms with Crippen molar-refractivity contribution in [3.8, 4) is 0 Å². The molecule has 0 aliphatic carbocycles. The summed E-state index contributed by atoms with van der Waals surface area (Å²) in [6.07, 6.45) is -3.59. The molecule has 4 N–H and O–H groups in total. The van der Waals surface area contributed by atoms with Gasteiger partial charge in [0.05, 0.1) is 6.61 Å². The molecule has 1 aliphatic heterocycles. The van der Waals surface area contributed by atoms with Crippen LogP contribution in [0.15, 0.2) is 47.4 Å². The van der Waals surface area contributed by atoms with Crippen molar-refractivity contribution in [3.05, 3.63) is 58.6 Å². The molecule has 2 aromatic rings. The number of hydrogen-bond acceptors (Lipinski definition) is 7. The minimum atomic E-state index is -1.39. The van der Waals surface area contributed by atoms with Crippen molar-refractivity contribution in [2.45, 2.75) is 24.5 Å². The van der Waals surface area contributed by atoms with Gasteiger partial charge in [-0.2, -0.15) is 4.98 Å². The Morgan fingerprint density at radius 2 is 1.92 bits per heavy atom. The van der Waals surface area contributed by atoms with Gasteiger partial charge >= 0.3 is 5.69 Å². The fraction of sp³-hybridized carbons (Fsp3) is 0.312. The van der Waals surface area contributed by atoms with Crippen LogP contribution >= 0.6 is 0 Å². The molecule has 1 amide bonds. The number of hydrogen-bond donors (Lipinski definition) is 4. The van der Waals surface area contributed by atoms with Crippen LogP contribution in [-0.2, 0) is 4.74 Å². The summed E-state index contributed by atoms with van der Waals surface area (Å²) in [5.74, 6) is -0.375. The monoisotopic (exact) mass is 347 g/mol.